The van der Waals surface area contributed by atoms with Crippen LogP contribution in [0.15, 0.2) is 22.9 Å². The minimum absolute atomic E-state index is 0.0422. The topological polar surface area (TPSA) is 12.9 Å². The van der Waals surface area contributed by atoms with Gasteiger partial charge in [0, 0.05) is 6.20 Å². The van der Waals surface area contributed by atoms with Crippen molar-refractivity contribution < 1.29 is 0 Å². The van der Waals surface area contributed by atoms with Gasteiger partial charge >= 0.3 is 0 Å². The average Bonchev–Trinajstić information content (AvgIpc) is 1.88. The molecular weight excluding hydrogens is 213 g/mol. The lowest BCUT2D eigenvalue weighted by Crippen LogP contribution is -1.84. The minimum Gasteiger partial charge on any atom is -0.249 e. The molecule has 0 N–H and O–H groups in total. The molecule has 1 heterocycles. The summed E-state index contributed by atoms with van der Waals surface area (Å²) in [6, 6.07) is 3.84. The highest BCUT2D eigenvalue weighted by atomic mass is 79.9. The normalized spacial score (nSPS) is 13.1. The second-order valence-corrected chi connectivity index (χ2v) is 3.50. The molecule has 0 bridgehead atoms. The summed E-state index contributed by atoms with van der Waals surface area (Å²) in [4.78, 5) is 4.03. The van der Waals surface area contributed by atoms with Gasteiger partial charge in [-0.25, -0.2) is 4.98 Å². The first-order valence-electron chi connectivity index (χ1n) is 2.95. The molecule has 1 rings (SSSR count). The van der Waals surface area contributed by atoms with E-state index in [4.69, 9.17) is 11.6 Å². The van der Waals surface area contributed by atoms with Crippen LogP contribution in [0.25, 0.3) is 0 Å². The molecule has 0 saturated carbocycles. The third kappa shape index (κ3) is 1.96. The maximum atomic E-state index is 5.80. The Morgan fingerprint density at radius 2 is 2.30 bits per heavy atom. The number of nitrogens with zero attached hydrogens (tertiary/aromatic N) is 1. The molecule has 1 aromatic heterocycles. The fourth-order valence-electron chi connectivity index (χ4n) is 0.623. The Hall–Kier alpha value is -0.0800. The SMILES string of the molecule is CC(Cl)c1ccc(Br)nc1. The van der Waals surface area contributed by atoms with Gasteiger partial charge in [0.05, 0.1) is 5.38 Å². The van der Waals surface area contributed by atoms with E-state index in [1.807, 2.05) is 19.1 Å². The van der Waals surface area contributed by atoms with Gasteiger partial charge in [-0.15, -0.1) is 11.6 Å². The Bertz CT molecular complexity index is 207. The molecule has 0 saturated heterocycles. The molecule has 0 aliphatic heterocycles. The van der Waals surface area contributed by atoms with Crippen LogP contribution in [0.5, 0.6) is 0 Å². The van der Waals surface area contributed by atoms with Crippen molar-refractivity contribution in [3.63, 3.8) is 0 Å². The molecule has 1 unspecified atom stereocenters. The van der Waals surface area contributed by atoms with E-state index in [9.17, 15) is 0 Å². The van der Waals surface area contributed by atoms with Crippen molar-refractivity contribution in [1.29, 1.82) is 0 Å². The fourth-order valence-corrected chi connectivity index (χ4v) is 0.986. The number of hydrogen-bond acceptors (Lipinski definition) is 1. The molecule has 0 fully saturated rings. The smallest absolute Gasteiger partial charge is 0.106 e. The first-order valence-corrected chi connectivity index (χ1v) is 4.18. The van der Waals surface area contributed by atoms with Gasteiger partial charge < -0.3 is 0 Å². The van der Waals surface area contributed by atoms with Crippen LogP contribution in [-0.4, -0.2) is 4.98 Å². The number of alkyl halides is 1. The van der Waals surface area contributed by atoms with Gasteiger partial charge in [0.2, 0.25) is 0 Å². The number of hydrogen-bond donors (Lipinski definition) is 0. The molecule has 0 aliphatic carbocycles. The lowest BCUT2D eigenvalue weighted by molar-refractivity contribution is 1.05. The van der Waals surface area contributed by atoms with Crippen LogP contribution in [0, 0.1) is 0 Å². The van der Waals surface area contributed by atoms with Gasteiger partial charge in [0.15, 0.2) is 0 Å². The summed E-state index contributed by atoms with van der Waals surface area (Å²) in [5.74, 6) is 0. The highest BCUT2D eigenvalue weighted by Crippen LogP contribution is 2.18. The molecule has 0 aromatic carbocycles. The molecule has 0 aliphatic rings. The predicted octanol–water partition coefficient (Wildman–Crippen LogP) is 3.14. The summed E-state index contributed by atoms with van der Waals surface area (Å²) in [7, 11) is 0. The molecule has 54 valence electrons. The van der Waals surface area contributed by atoms with Crippen molar-refractivity contribution >= 4 is 27.5 Å². The first kappa shape index (κ1) is 8.02. The van der Waals surface area contributed by atoms with Gasteiger partial charge in [0.25, 0.3) is 0 Å². The second kappa shape index (κ2) is 3.35. The Morgan fingerprint density at radius 3 is 2.70 bits per heavy atom. The van der Waals surface area contributed by atoms with Crippen molar-refractivity contribution in [2.75, 3.05) is 0 Å². The van der Waals surface area contributed by atoms with Crippen LogP contribution in [0.1, 0.15) is 17.9 Å². The van der Waals surface area contributed by atoms with E-state index in [0.717, 1.165) is 10.2 Å². The first-order chi connectivity index (χ1) is 4.70. The van der Waals surface area contributed by atoms with Crippen LogP contribution in [-0.2, 0) is 0 Å². The summed E-state index contributed by atoms with van der Waals surface area (Å²) in [5.41, 5.74) is 1.05. The third-order valence-corrected chi connectivity index (χ3v) is 1.93. The molecule has 10 heavy (non-hydrogen) atoms. The zero-order chi connectivity index (χ0) is 7.56. The number of aromatic nitrogens is 1. The van der Waals surface area contributed by atoms with Crippen LogP contribution in [0.3, 0.4) is 0 Å². The van der Waals surface area contributed by atoms with E-state index < -0.39 is 0 Å². The monoisotopic (exact) mass is 219 g/mol. The van der Waals surface area contributed by atoms with Crippen molar-refractivity contribution in [3.8, 4) is 0 Å². The van der Waals surface area contributed by atoms with Gasteiger partial charge in [-0.3, -0.25) is 0 Å². The lowest BCUT2D eigenvalue weighted by Gasteiger charge is -2.00. The molecule has 1 aromatic rings. The summed E-state index contributed by atoms with van der Waals surface area (Å²) in [5, 5.41) is 0.0422. The van der Waals surface area contributed by atoms with Crippen LogP contribution in [0.4, 0.5) is 0 Å². The second-order valence-electron chi connectivity index (χ2n) is 2.03. The highest BCUT2D eigenvalue weighted by molar-refractivity contribution is 9.10. The quantitative estimate of drug-likeness (QED) is 0.523. The van der Waals surface area contributed by atoms with E-state index in [1.54, 1.807) is 6.20 Å². The summed E-state index contributed by atoms with van der Waals surface area (Å²) in [6.07, 6.45) is 1.77. The molecule has 0 spiro atoms. The van der Waals surface area contributed by atoms with Crippen LogP contribution < -0.4 is 0 Å². The van der Waals surface area contributed by atoms with Crippen molar-refractivity contribution in [3.05, 3.63) is 28.5 Å². The fraction of sp³-hybridized carbons (Fsp3) is 0.286. The minimum atomic E-state index is 0.0422. The maximum absolute atomic E-state index is 5.80. The molecule has 1 nitrogen and oxygen atoms in total. The highest BCUT2D eigenvalue weighted by Gasteiger charge is 1.99. The average molecular weight is 220 g/mol. The van der Waals surface area contributed by atoms with E-state index in [1.165, 1.54) is 0 Å². The van der Waals surface area contributed by atoms with Crippen molar-refractivity contribution in [1.82, 2.24) is 4.98 Å². The lowest BCUT2D eigenvalue weighted by atomic mass is 10.2. The molecule has 1 atom stereocenters. The van der Waals surface area contributed by atoms with E-state index >= 15 is 0 Å². The van der Waals surface area contributed by atoms with Crippen LogP contribution in [0.2, 0.25) is 0 Å². The molecule has 0 amide bonds. The summed E-state index contributed by atoms with van der Waals surface area (Å²) >= 11 is 9.04. The Kier molecular flexibility index (Phi) is 2.69. The van der Waals surface area contributed by atoms with E-state index in [0.29, 0.717) is 0 Å². The number of halogens is 2. The zero-order valence-corrected chi connectivity index (χ0v) is 7.85. The van der Waals surface area contributed by atoms with Gasteiger partial charge in [-0.1, -0.05) is 6.07 Å². The van der Waals surface area contributed by atoms with Crippen molar-refractivity contribution in [2.45, 2.75) is 12.3 Å². The predicted molar refractivity (Wildman–Crippen MR) is 46.2 cm³/mol. The Morgan fingerprint density at radius 1 is 1.60 bits per heavy atom. The maximum Gasteiger partial charge on any atom is 0.106 e. The van der Waals surface area contributed by atoms with Crippen LogP contribution >= 0.6 is 27.5 Å². The van der Waals surface area contributed by atoms with Gasteiger partial charge in [0.1, 0.15) is 4.60 Å². The van der Waals surface area contributed by atoms with E-state index in [2.05, 4.69) is 20.9 Å². The third-order valence-electron chi connectivity index (χ3n) is 1.21. The molecule has 3 heteroatoms. The van der Waals surface area contributed by atoms with Gasteiger partial charge in [-0.05, 0) is 34.5 Å². The number of pyridine rings is 1. The zero-order valence-electron chi connectivity index (χ0n) is 5.51. The summed E-state index contributed by atoms with van der Waals surface area (Å²) in [6.45, 7) is 1.92. The standard InChI is InChI=1S/C7H7BrClN/c1-5(9)6-2-3-7(8)10-4-6/h2-5H,1H3. The van der Waals surface area contributed by atoms with E-state index in [-0.39, 0.29) is 5.38 Å². The largest absolute Gasteiger partial charge is 0.249 e. The Labute approximate surface area is 73.6 Å². The Balaban J connectivity index is 2.89. The molecule has 0 radical (unpaired) electrons. The van der Waals surface area contributed by atoms with Crippen molar-refractivity contribution in [2.24, 2.45) is 0 Å². The van der Waals surface area contributed by atoms with Gasteiger partial charge in [-0.2, -0.15) is 0 Å². The molecular formula is C7H7BrClN. The summed E-state index contributed by atoms with van der Waals surface area (Å²) < 4.78 is 0.841. The number of rotatable bonds is 1.